The molecule has 7 nitrogen and oxygen atoms in total. The summed E-state index contributed by atoms with van der Waals surface area (Å²) in [6.45, 7) is 2.95. The van der Waals surface area contributed by atoms with Gasteiger partial charge in [-0.15, -0.1) is 0 Å². The summed E-state index contributed by atoms with van der Waals surface area (Å²) in [7, 11) is 0. The Hall–Kier alpha value is -2.70. The van der Waals surface area contributed by atoms with Gasteiger partial charge in [0.25, 0.3) is 0 Å². The van der Waals surface area contributed by atoms with Crippen molar-refractivity contribution >= 4 is 17.8 Å². The molecule has 1 aliphatic heterocycles. The summed E-state index contributed by atoms with van der Waals surface area (Å²) in [5.41, 5.74) is 2.28. The van der Waals surface area contributed by atoms with Gasteiger partial charge in [0.05, 0.1) is 6.04 Å². The molecule has 1 aromatic heterocycles. The number of H-pyrrole nitrogens is 1. The lowest BCUT2D eigenvalue weighted by Crippen LogP contribution is -2.30. The molecule has 7 heteroatoms. The molecule has 3 rings (SSSR count). The van der Waals surface area contributed by atoms with Gasteiger partial charge in [0, 0.05) is 19.4 Å². The van der Waals surface area contributed by atoms with Gasteiger partial charge in [-0.3, -0.25) is 14.9 Å². The smallest absolute Gasteiger partial charge is 0.227 e. The van der Waals surface area contributed by atoms with Crippen molar-refractivity contribution in [1.29, 1.82) is 0 Å². The first-order chi connectivity index (χ1) is 13.2. The van der Waals surface area contributed by atoms with Crippen LogP contribution in [-0.4, -0.2) is 38.4 Å². The monoisotopic (exact) mass is 369 g/mol. The number of aromatic nitrogens is 3. The third-order valence-corrected chi connectivity index (χ3v) is 4.97. The van der Waals surface area contributed by atoms with E-state index in [0.29, 0.717) is 25.2 Å². The van der Waals surface area contributed by atoms with Gasteiger partial charge in [0.15, 0.2) is 0 Å². The van der Waals surface area contributed by atoms with Gasteiger partial charge in [-0.2, -0.15) is 10.1 Å². The number of unbranched alkanes of at least 4 members (excludes halogenated alkanes) is 1. The zero-order valence-electron chi connectivity index (χ0n) is 15.8. The third kappa shape index (κ3) is 5.15. The predicted molar refractivity (Wildman–Crippen MR) is 103 cm³/mol. The number of aromatic amines is 1. The first kappa shape index (κ1) is 19.1. The van der Waals surface area contributed by atoms with Crippen molar-refractivity contribution in [2.75, 3.05) is 11.9 Å². The quantitative estimate of drug-likeness (QED) is 0.747. The second-order valence-electron chi connectivity index (χ2n) is 6.98. The van der Waals surface area contributed by atoms with E-state index in [2.05, 4.69) is 39.6 Å². The lowest BCUT2D eigenvalue weighted by Gasteiger charge is -2.25. The van der Waals surface area contributed by atoms with E-state index in [1.54, 1.807) is 0 Å². The number of rotatable bonds is 8. The fourth-order valence-electron chi connectivity index (χ4n) is 3.56. The van der Waals surface area contributed by atoms with E-state index in [-0.39, 0.29) is 17.9 Å². The third-order valence-electron chi connectivity index (χ3n) is 4.97. The van der Waals surface area contributed by atoms with E-state index < -0.39 is 0 Å². The van der Waals surface area contributed by atoms with Crippen molar-refractivity contribution in [2.45, 2.75) is 57.9 Å². The average Bonchev–Trinajstić information content (AvgIpc) is 3.36. The number of benzene rings is 1. The molecule has 27 heavy (non-hydrogen) atoms. The zero-order chi connectivity index (χ0) is 19.1. The Morgan fingerprint density at radius 3 is 3.00 bits per heavy atom. The molecule has 1 aromatic carbocycles. The highest BCUT2D eigenvalue weighted by atomic mass is 16.2. The van der Waals surface area contributed by atoms with Gasteiger partial charge < -0.3 is 4.90 Å². The molecule has 1 saturated heterocycles. The molecule has 0 saturated carbocycles. The molecule has 1 atom stereocenters. The Labute approximate surface area is 159 Å². The number of nitrogens with one attached hydrogen (secondary N) is 2. The van der Waals surface area contributed by atoms with Crippen LogP contribution in [0.25, 0.3) is 0 Å². The van der Waals surface area contributed by atoms with Crippen LogP contribution in [0.1, 0.15) is 62.6 Å². The number of carbonyl (C=O) groups is 2. The molecule has 2 heterocycles. The van der Waals surface area contributed by atoms with E-state index in [1.807, 2.05) is 17.0 Å². The summed E-state index contributed by atoms with van der Waals surface area (Å²) < 4.78 is 0. The van der Waals surface area contributed by atoms with E-state index in [1.165, 1.54) is 11.9 Å². The number of carbonyl (C=O) groups excluding carboxylic acids is 2. The maximum Gasteiger partial charge on any atom is 0.227 e. The number of nitrogens with zero attached hydrogens (tertiary/aromatic N) is 3. The molecule has 2 aromatic rings. The van der Waals surface area contributed by atoms with Crippen molar-refractivity contribution in [1.82, 2.24) is 20.1 Å². The first-order valence-electron chi connectivity index (χ1n) is 9.71. The van der Waals surface area contributed by atoms with Crippen molar-refractivity contribution < 1.29 is 9.59 Å². The number of hydrogen-bond donors (Lipinski definition) is 2. The van der Waals surface area contributed by atoms with Crippen LogP contribution in [0, 0.1) is 0 Å². The second kappa shape index (κ2) is 9.30. The molecule has 0 radical (unpaired) electrons. The van der Waals surface area contributed by atoms with E-state index in [0.717, 1.165) is 37.8 Å². The molecule has 1 aliphatic rings. The van der Waals surface area contributed by atoms with Crippen LogP contribution in [0.15, 0.2) is 30.6 Å². The lowest BCUT2D eigenvalue weighted by atomic mass is 9.99. The number of anilines is 1. The Kier molecular flexibility index (Phi) is 6.57. The fraction of sp³-hybridized carbons (Fsp3) is 0.500. The second-order valence-corrected chi connectivity index (χ2v) is 6.98. The fourth-order valence-corrected chi connectivity index (χ4v) is 3.56. The largest absolute Gasteiger partial charge is 0.336 e. The van der Waals surface area contributed by atoms with Crippen LogP contribution in [0.3, 0.4) is 0 Å². The van der Waals surface area contributed by atoms with E-state index in [9.17, 15) is 9.59 Å². The summed E-state index contributed by atoms with van der Waals surface area (Å²) in [5.74, 6) is 0.520. The molecule has 144 valence electrons. The summed E-state index contributed by atoms with van der Waals surface area (Å²) in [5, 5.41) is 9.00. The van der Waals surface area contributed by atoms with Crippen molar-refractivity contribution in [3.8, 4) is 0 Å². The Bertz CT molecular complexity index is 759. The van der Waals surface area contributed by atoms with Crippen LogP contribution < -0.4 is 5.32 Å². The van der Waals surface area contributed by atoms with Crippen LogP contribution in [0.2, 0.25) is 0 Å². The average molecular weight is 369 g/mol. The highest BCUT2D eigenvalue weighted by molar-refractivity contribution is 5.88. The topological polar surface area (TPSA) is 91.0 Å². The van der Waals surface area contributed by atoms with Crippen LogP contribution in [0.4, 0.5) is 5.95 Å². The Morgan fingerprint density at radius 1 is 1.33 bits per heavy atom. The van der Waals surface area contributed by atoms with Gasteiger partial charge in [-0.25, -0.2) is 5.10 Å². The number of amides is 2. The molecule has 2 amide bonds. The van der Waals surface area contributed by atoms with Gasteiger partial charge in [0.2, 0.25) is 17.8 Å². The lowest BCUT2D eigenvalue weighted by molar-refractivity contribution is -0.132. The maximum absolute atomic E-state index is 12.5. The van der Waals surface area contributed by atoms with Gasteiger partial charge >= 0.3 is 0 Å². The number of aryl methyl sites for hydroxylation is 1. The van der Waals surface area contributed by atoms with Crippen LogP contribution in [0.5, 0.6) is 0 Å². The molecule has 0 aliphatic carbocycles. The maximum atomic E-state index is 12.5. The zero-order valence-corrected chi connectivity index (χ0v) is 15.8. The predicted octanol–water partition coefficient (Wildman–Crippen LogP) is 3.23. The highest BCUT2D eigenvalue weighted by Gasteiger charge is 2.29. The highest BCUT2D eigenvalue weighted by Crippen LogP contribution is 2.33. The molecular weight excluding hydrogens is 342 g/mol. The molecular formula is C20H27N5O2. The summed E-state index contributed by atoms with van der Waals surface area (Å²) in [6.07, 6.45) is 7.04. The van der Waals surface area contributed by atoms with E-state index >= 15 is 0 Å². The van der Waals surface area contributed by atoms with Gasteiger partial charge in [0.1, 0.15) is 6.33 Å². The molecule has 1 fully saturated rings. The minimum absolute atomic E-state index is 0.102. The normalized spacial score (nSPS) is 16.5. The number of hydrogen-bond acceptors (Lipinski definition) is 4. The van der Waals surface area contributed by atoms with Crippen molar-refractivity contribution in [2.24, 2.45) is 0 Å². The molecule has 0 spiro atoms. The van der Waals surface area contributed by atoms with Gasteiger partial charge in [-0.1, -0.05) is 37.6 Å². The van der Waals surface area contributed by atoms with Crippen LogP contribution >= 0.6 is 0 Å². The SMILES string of the molecule is CCCCC(=O)N1CCCC1c1cccc(CCC(=O)Nc2ncn[nH]2)c1. The molecule has 0 bridgehead atoms. The number of likely N-dealkylation sites (tertiary alicyclic amines) is 1. The standard InChI is InChI=1S/C20H27N5O2/c1-2-3-9-19(27)25-12-5-8-17(25)16-7-4-6-15(13-16)10-11-18(26)23-20-21-14-22-24-20/h4,6-7,13-14,17H,2-3,5,8-12H2,1H3,(H2,21,22,23,24,26). The van der Waals surface area contributed by atoms with Gasteiger partial charge in [-0.05, 0) is 36.8 Å². The van der Waals surface area contributed by atoms with Crippen LogP contribution in [-0.2, 0) is 16.0 Å². The van der Waals surface area contributed by atoms with Crippen molar-refractivity contribution in [3.63, 3.8) is 0 Å². The Morgan fingerprint density at radius 2 is 2.22 bits per heavy atom. The summed E-state index contributed by atoms with van der Waals surface area (Å²) >= 11 is 0. The minimum Gasteiger partial charge on any atom is -0.336 e. The first-order valence-corrected chi connectivity index (χ1v) is 9.71. The summed E-state index contributed by atoms with van der Waals surface area (Å²) in [6, 6.07) is 8.44. The van der Waals surface area contributed by atoms with Crippen molar-refractivity contribution in [3.05, 3.63) is 41.7 Å². The molecule has 2 N–H and O–H groups in total. The van der Waals surface area contributed by atoms with E-state index in [4.69, 9.17) is 0 Å². The Balaban J connectivity index is 1.59. The minimum atomic E-state index is -0.102. The summed E-state index contributed by atoms with van der Waals surface area (Å²) in [4.78, 5) is 30.4. The molecule has 1 unspecified atom stereocenters.